The number of rotatable bonds is 6. The van der Waals surface area contributed by atoms with E-state index in [0.717, 1.165) is 5.56 Å². The summed E-state index contributed by atoms with van der Waals surface area (Å²) < 4.78 is 10.7. The molecule has 4 rings (SSSR count). The van der Waals surface area contributed by atoms with Crippen LogP contribution in [0, 0.1) is 18.3 Å². The number of nitrogens with zero attached hydrogens (tertiary/aromatic N) is 3. The van der Waals surface area contributed by atoms with Gasteiger partial charge in [0, 0.05) is 17.0 Å². The van der Waals surface area contributed by atoms with Crippen molar-refractivity contribution in [1.29, 1.82) is 5.26 Å². The molecule has 1 fully saturated rings. The highest BCUT2D eigenvalue weighted by Gasteiger charge is 2.36. The van der Waals surface area contributed by atoms with E-state index >= 15 is 0 Å². The number of nitrogens with one attached hydrogen (secondary N) is 1. The molecule has 2 heterocycles. The van der Waals surface area contributed by atoms with Crippen LogP contribution in [0.3, 0.4) is 0 Å². The van der Waals surface area contributed by atoms with E-state index < -0.39 is 6.04 Å². The number of hydrogen-bond donors (Lipinski definition) is 1. The number of ether oxygens (including phenoxy) is 2. The van der Waals surface area contributed by atoms with E-state index in [0.29, 0.717) is 50.0 Å². The molecule has 1 aliphatic heterocycles. The van der Waals surface area contributed by atoms with Crippen LogP contribution in [0.1, 0.15) is 20.9 Å². The minimum absolute atomic E-state index is 0.216. The fraction of sp³-hybridized carbons (Fsp3) is 0.250. The van der Waals surface area contributed by atoms with Gasteiger partial charge in [0.25, 0.3) is 5.91 Å². The largest absolute Gasteiger partial charge is 0.493 e. The van der Waals surface area contributed by atoms with E-state index in [1.165, 1.54) is 23.1 Å². The first-order valence-electron chi connectivity index (χ1n) is 10.3. The highest BCUT2D eigenvalue weighted by molar-refractivity contribution is 7.99. The van der Waals surface area contributed by atoms with E-state index in [4.69, 9.17) is 14.7 Å². The molecule has 0 saturated carbocycles. The lowest BCUT2D eigenvalue weighted by atomic mass is 10.2. The van der Waals surface area contributed by atoms with Crippen LogP contribution >= 0.6 is 23.1 Å². The maximum absolute atomic E-state index is 13.4. The van der Waals surface area contributed by atoms with Gasteiger partial charge in [0.1, 0.15) is 15.9 Å². The summed E-state index contributed by atoms with van der Waals surface area (Å²) in [5.41, 5.74) is 2.52. The molecule has 10 heteroatoms. The van der Waals surface area contributed by atoms with E-state index in [1.54, 1.807) is 56.4 Å². The van der Waals surface area contributed by atoms with Gasteiger partial charge in [-0.05, 0) is 49.4 Å². The molecule has 1 aromatic heterocycles. The number of amides is 2. The van der Waals surface area contributed by atoms with Gasteiger partial charge in [-0.15, -0.1) is 23.1 Å². The van der Waals surface area contributed by atoms with Crippen molar-refractivity contribution in [3.8, 4) is 28.1 Å². The fourth-order valence-electron chi connectivity index (χ4n) is 3.53. The molecule has 0 spiro atoms. The van der Waals surface area contributed by atoms with E-state index in [9.17, 15) is 9.59 Å². The molecule has 3 aromatic rings. The molecule has 0 aliphatic carbocycles. The number of thiazole rings is 1. The number of thioether (sulfide) groups is 1. The molecule has 2 amide bonds. The minimum atomic E-state index is -0.598. The van der Waals surface area contributed by atoms with Crippen LogP contribution in [0.2, 0.25) is 0 Å². The summed E-state index contributed by atoms with van der Waals surface area (Å²) >= 11 is 2.82. The van der Waals surface area contributed by atoms with Crippen molar-refractivity contribution in [1.82, 2.24) is 9.88 Å². The number of methoxy groups -OCH3 is 2. The summed E-state index contributed by atoms with van der Waals surface area (Å²) in [6.45, 7) is 1.79. The van der Waals surface area contributed by atoms with Crippen molar-refractivity contribution >= 4 is 40.6 Å². The van der Waals surface area contributed by atoms with Crippen LogP contribution in [0.25, 0.3) is 10.6 Å². The third-order valence-corrected chi connectivity index (χ3v) is 7.56. The Labute approximate surface area is 205 Å². The number of carbonyl (C=O) groups is 2. The Morgan fingerprint density at radius 1 is 1.15 bits per heavy atom. The average molecular weight is 495 g/mol. The van der Waals surface area contributed by atoms with Gasteiger partial charge < -0.3 is 19.7 Å². The molecule has 174 valence electrons. The minimum Gasteiger partial charge on any atom is -0.493 e. The first kappa shape index (κ1) is 23.6. The van der Waals surface area contributed by atoms with Crippen LogP contribution in [0.4, 0.5) is 5.69 Å². The Kier molecular flexibility index (Phi) is 7.05. The summed E-state index contributed by atoms with van der Waals surface area (Å²) in [5, 5.41) is 12.5. The highest BCUT2D eigenvalue weighted by atomic mass is 32.2. The number of benzene rings is 2. The van der Waals surface area contributed by atoms with Gasteiger partial charge in [0.05, 0.1) is 37.4 Å². The Morgan fingerprint density at radius 3 is 2.56 bits per heavy atom. The second-order valence-corrected chi connectivity index (χ2v) is 9.47. The van der Waals surface area contributed by atoms with Gasteiger partial charge >= 0.3 is 0 Å². The predicted molar refractivity (Wildman–Crippen MR) is 132 cm³/mol. The Bertz CT molecular complexity index is 1270. The number of aromatic nitrogens is 1. The summed E-state index contributed by atoms with van der Waals surface area (Å²) in [6.07, 6.45) is 0. The molecule has 8 nitrogen and oxygen atoms in total. The maximum atomic E-state index is 13.4. The lowest BCUT2D eigenvalue weighted by molar-refractivity contribution is -0.119. The number of nitriles is 1. The molecule has 1 aliphatic rings. The van der Waals surface area contributed by atoms with Gasteiger partial charge in [-0.25, -0.2) is 4.98 Å². The summed E-state index contributed by atoms with van der Waals surface area (Å²) in [6, 6.07) is 13.6. The predicted octanol–water partition coefficient (Wildman–Crippen LogP) is 4.16. The molecule has 1 N–H and O–H groups in total. The monoisotopic (exact) mass is 494 g/mol. The Hall–Kier alpha value is -3.55. The summed E-state index contributed by atoms with van der Waals surface area (Å²) in [4.78, 5) is 33.0. The van der Waals surface area contributed by atoms with Crippen LogP contribution in [0.15, 0.2) is 42.5 Å². The molecule has 1 atom stereocenters. The molecule has 0 bridgehead atoms. The van der Waals surface area contributed by atoms with Crippen molar-refractivity contribution in [2.24, 2.45) is 0 Å². The number of hydrogen-bond acceptors (Lipinski definition) is 8. The van der Waals surface area contributed by atoms with Crippen molar-refractivity contribution in [3.05, 3.63) is 58.6 Å². The zero-order chi connectivity index (χ0) is 24.2. The topological polar surface area (TPSA) is 105 Å². The third-order valence-electron chi connectivity index (χ3n) is 5.35. The maximum Gasteiger partial charge on any atom is 0.267 e. The average Bonchev–Trinajstić information content (AvgIpc) is 3.51. The first-order valence-corrected chi connectivity index (χ1v) is 12.3. The lowest BCUT2D eigenvalue weighted by Crippen LogP contribution is -2.44. The van der Waals surface area contributed by atoms with Gasteiger partial charge in [0.15, 0.2) is 11.5 Å². The van der Waals surface area contributed by atoms with Crippen LogP contribution in [-0.2, 0) is 4.79 Å². The molecule has 0 radical (unpaired) electrons. The number of carbonyl (C=O) groups excluding carboxylic acids is 2. The molecule has 1 unspecified atom stereocenters. The second-order valence-electron chi connectivity index (χ2n) is 7.47. The van der Waals surface area contributed by atoms with Crippen molar-refractivity contribution in [2.75, 3.05) is 31.2 Å². The van der Waals surface area contributed by atoms with Gasteiger partial charge in [-0.3, -0.25) is 9.59 Å². The molecular formula is C24H22N4O4S2. The highest BCUT2D eigenvalue weighted by Crippen LogP contribution is 2.36. The molecule has 34 heavy (non-hydrogen) atoms. The lowest BCUT2D eigenvalue weighted by Gasteiger charge is -2.22. The molecule has 1 saturated heterocycles. The van der Waals surface area contributed by atoms with E-state index in [-0.39, 0.29) is 11.8 Å². The normalized spacial score (nSPS) is 15.0. The Balaban J connectivity index is 1.53. The Morgan fingerprint density at radius 2 is 1.88 bits per heavy atom. The third kappa shape index (κ3) is 4.71. The number of aryl methyl sites for hydroxylation is 1. The van der Waals surface area contributed by atoms with Gasteiger partial charge in [-0.1, -0.05) is 0 Å². The zero-order valence-electron chi connectivity index (χ0n) is 18.8. The van der Waals surface area contributed by atoms with Crippen molar-refractivity contribution in [2.45, 2.75) is 13.0 Å². The van der Waals surface area contributed by atoms with E-state index in [2.05, 4.69) is 10.3 Å². The fourth-order valence-corrected chi connectivity index (χ4v) is 5.70. The van der Waals surface area contributed by atoms with Crippen LogP contribution in [0.5, 0.6) is 11.5 Å². The number of anilines is 1. The smallest absolute Gasteiger partial charge is 0.267 e. The SMILES string of the molecule is COc1ccc(-c2nc(C)c(C(=O)N3CSCC3C(=O)Nc3ccc(C#N)cc3)s2)cc1OC. The quantitative estimate of drug-likeness (QED) is 0.549. The first-order chi connectivity index (χ1) is 16.4. The van der Waals surface area contributed by atoms with Crippen molar-refractivity contribution in [3.63, 3.8) is 0 Å². The van der Waals surface area contributed by atoms with Gasteiger partial charge in [0.2, 0.25) is 5.91 Å². The van der Waals surface area contributed by atoms with E-state index in [1.807, 2.05) is 18.2 Å². The standard InChI is InChI=1S/C24H22N4O4S2/c1-14-21(34-23(26-14)16-6-9-19(31-2)20(10-16)32-3)24(30)28-13-33-12-18(28)22(29)27-17-7-4-15(11-25)5-8-17/h4-10,18H,12-13H2,1-3H3,(H,27,29). The van der Waals surface area contributed by atoms with Crippen molar-refractivity contribution < 1.29 is 19.1 Å². The van der Waals surface area contributed by atoms with Gasteiger partial charge in [-0.2, -0.15) is 5.26 Å². The van der Waals surface area contributed by atoms with Crippen LogP contribution in [-0.4, -0.2) is 53.6 Å². The zero-order valence-corrected chi connectivity index (χ0v) is 20.5. The van der Waals surface area contributed by atoms with Crippen LogP contribution < -0.4 is 14.8 Å². The molecular weight excluding hydrogens is 472 g/mol. The second kappa shape index (κ2) is 10.2. The summed E-state index contributed by atoms with van der Waals surface area (Å²) in [7, 11) is 3.14. The summed E-state index contributed by atoms with van der Waals surface area (Å²) in [5.74, 6) is 1.65. The molecule has 2 aromatic carbocycles.